The zero-order chi connectivity index (χ0) is 14.7. The lowest BCUT2D eigenvalue weighted by molar-refractivity contribution is 0.402. The van der Waals surface area contributed by atoms with Crippen LogP contribution in [0.15, 0.2) is 21.2 Å². The maximum atomic E-state index is 5.67. The van der Waals surface area contributed by atoms with Gasteiger partial charge in [-0.25, -0.2) is 0 Å². The second-order valence-electron chi connectivity index (χ2n) is 5.15. The molecule has 0 aliphatic rings. The van der Waals surface area contributed by atoms with Gasteiger partial charge in [0.15, 0.2) is 0 Å². The summed E-state index contributed by atoms with van der Waals surface area (Å²) in [6.45, 7) is 7.24. The molecule has 0 aliphatic carbocycles. The molecule has 0 aliphatic heterocycles. The van der Waals surface area contributed by atoms with Gasteiger partial charge in [-0.1, -0.05) is 6.92 Å². The quantitative estimate of drug-likeness (QED) is 0.872. The van der Waals surface area contributed by atoms with Crippen molar-refractivity contribution in [1.29, 1.82) is 0 Å². The van der Waals surface area contributed by atoms with Crippen molar-refractivity contribution in [2.45, 2.75) is 39.7 Å². The summed E-state index contributed by atoms with van der Waals surface area (Å²) in [6, 6.07) is 2.19. The fourth-order valence-electron chi connectivity index (χ4n) is 2.41. The first-order valence-electron chi connectivity index (χ1n) is 7.00. The molecule has 20 heavy (non-hydrogen) atoms. The Morgan fingerprint density at radius 1 is 1.45 bits per heavy atom. The third-order valence-electron chi connectivity index (χ3n) is 3.52. The van der Waals surface area contributed by atoms with Gasteiger partial charge in [0.1, 0.15) is 5.76 Å². The Kier molecular flexibility index (Phi) is 5.05. The van der Waals surface area contributed by atoms with Gasteiger partial charge in [0, 0.05) is 13.5 Å². The molecular formula is C15H22BrN3O. The molecule has 4 nitrogen and oxygen atoms in total. The van der Waals surface area contributed by atoms with Crippen LogP contribution in [0.3, 0.4) is 0 Å². The number of furan rings is 1. The van der Waals surface area contributed by atoms with Gasteiger partial charge in [0.2, 0.25) is 0 Å². The molecular weight excluding hydrogens is 318 g/mol. The Hall–Kier alpha value is -1.07. The molecule has 2 aromatic heterocycles. The first kappa shape index (κ1) is 15.3. The predicted octanol–water partition coefficient (Wildman–Crippen LogP) is 3.68. The van der Waals surface area contributed by atoms with Crippen LogP contribution < -0.4 is 5.32 Å². The third-order valence-corrected chi connectivity index (χ3v) is 4.55. The van der Waals surface area contributed by atoms with Gasteiger partial charge in [0.25, 0.3) is 0 Å². The Morgan fingerprint density at radius 2 is 2.20 bits per heavy atom. The molecule has 110 valence electrons. The van der Waals surface area contributed by atoms with E-state index < -0.39 is 0 Å². The summed E-state index contributed by atoms with van der Waals surface area (Å²) in [5, 5.41) is 8.03. The van der Waals surface area contributed by atoms with E-state index in [1.165, 1.54) is 11.3 Å². The predicted molar refractivity (Wildman–Crippen MR) is 83.8 cm³/mol. The molecule has 0 radical (unpaired) electrons. The maximum absolute atomic E-state index is 5.67. The minimum absolute atomic E-state index is 0.177. The van der Waals surface area contributed by atoms with Gasteiger partial charge >= 0.3 is 0 Å². The van der Waals surface area contributed by atoms with Gasteiger partial charge in [-0.2, -0.15) is 5.10 Å². The maximum Gasteiger partial charge on any atom is 0.123 e. The largest absolute Gasteiger partial charge is 0.467 e. The summed E-state index contributed by atoms with van der Waals surface area (Å²) in [4.78, 5) is 0. The van der Waals surface area contributed by atoms with Crippen LogP contribution in [0, 0.1) is 13.8 Å². The Balaban J connectivity index is 2.26. The highest BCUT2D eigenvalue weighted by atomic mass is 79.9. The van der Waals surface area contributed by atoms with E-state index in [-0.39, 0.29) is 6.04 Å². The second-order valence-corrected chi connectivity index (χ2v) is 5.94. The highest BCUT2D eigenvalue weighted by Gasteiger charge is 2.21. The lowest BCUT2D eigenvalue weighted by atomic mass is 10.1. The van der Waals surface area contributed by atoms with E-state index in [1.807, 2.05) is 24.7 Å². The Labute approximate surface area is 128 Å². The van der Waals surface area contributed by atoms with E-state index >= 15 is 0 Å². The first-order chi connectivity index (χ1) is 9.54. The van der Waals surface area contributed by atoms with E-state index in [4.69, 9.17) is 4.42 Å². The molecule has 1 unspecified atom stereocenters. The summed E-state index contributed by atoms with van der Waals surface area (Å²) in [5.41, 5.74) is 3.40. The molecule has 0 fully saturated rings. The van der Waals surface area contributed by atoms with E-state index in [2.05, 4.69) is 40.2 Å². The van der Waals surface area contributed by atoms with Gasteiger partial charge in [-0.05, 0) is 54.4 Å². The molecule has 2 aromatic rings. The molecule has 0 spiro atoms. The average Bonchev–Trinajstić information content (AvgIpc) is 2.93. The lowest BCUT2D eigenvalue weighted by Crippen LogP contribution is -2.25. The van der Waals surface area contributed by atoms with Crippen molar-refractivity contribution in [1.82, 2.24) is 15.1 Å². The van der Waals surface area contributed by atoms with Crippen molar-refractivity contribution < 1.29 is 4.42 Å². The SMILES string of the molecule is CCCNC(Cc1c(Br)c(C)nn1C)c1occc1C. The van der Waals surface area contributed by atoms with Crippen LogP contribution in [0.25, 0.3) is 0 Å². The minimum Gasteiger partial charge on any atom is -0.467 e. The summed E-state index contributed by atoms with van der Waals surface area (Å²) >= 11 is 3.64. The summed E-state index contributed by atoms with van der Waals surface area (Å²) in [7, 11) is 1.99. The first-order valence-corrected chi connectivity index (χ1v) is 7.79. The monoisotopic (exact) mass is 339 g/mol. The summed E-state index contributed by atoms with van der Waals surface area (Å²) in [6.07, 6.45) is 3.71. The molecule has 1 N–H and O–H groups in total. The van der Waals surface area contributed by atoms with Crippen LogP contribution in [-0.2, 0) is 13.5 Å². The standard InChI is InChI=1S/C15H22BrN3O/c1-5-7-17-12(15-10(2)6-8-20-15)9-13-14(16)11(3)18-19(13)4/h6,8,12,17H,5,7,9H2,1-4H3. The van der Waals surface area contributed by atoms with Crippen LogP contribution in [0.5, 0.6) is 0 Å². The van der Waals surface area contributed by atoms with E-state index in [9.17, 15) is 0 Å². The molecule has 0 bridgehead atoms. The molecule has 5 heteroatoms. The van der Waals surface area contributed by atoms with Crippen molar-refractivity contribution in [2.24, 2.45) is 7.05 Å². The number of nitrogens with zero attached hydrogens (tertiary/aromatic N) is 2. The highest BCUT2D eigenvalue weighted by molar-refractivity contribution is 9.10. The smallest absolute Gasteiger partial charge is 0.123 e. The van der Waals surface area contributed by atoms with E-state index in [0.29, 0.717) is 0 Å². The van der Waals surface area contributed by atoms with Crippen LogP contribution in [-0.4, -0.2) is 16.3 Å². The fourth-order valence-corrected chi connectivity index (χ4v) is 2.91. The molecule has 1 atom stereocenters. The Bertz CT molecular complexity index is 574. The molecule has 2 heterocycles. The van der Waals surface area contributed by atoms with Crippen LogP contribution in [0.1, 0.15) is 42.1 Å². The zero-order valence-corrected chi connectivity index (χ0v) is 14.1. The molecule has 2 rings (SSSR count). The number of nitrogens with one attached hydrogen (secondary N) is 1. The summed E-state index contributed by atoms with van der Waals surface area (Å²) in [5.74, 6) is 1.02. The fraction of sp³-hybridized carbons (Fsp3) is 0.533. The van der Waals surface area contributed by atoms with Gasteiger partial charge < -0.3 is 9.73 Å². The van der Waals surface area contributed by atoms with Crippen LogP contribution >= 0.6 is 15.9 Å². The van der Waals surface area contributed by atoms with Crippen molar-refractivity contribution >= 4 is 15.9 Å². The van der Waals surface area contributed by atoms with Crippen molar-refractivity contribution in [3.8, 4) is 0 Å². The molecule has 0 aromatic carbocycles. The summed E-state index contributed by atoms with van der Waals surface area (Å²) < 4.78 is 8.71. The third kappa shape index (κ3) is 3.15. The Morgan fingerprint density at radius 3 is 2.70 bits per heavy atom. The van der Waals surface area contributed by atoms with E-state index in [1.54, 1.807) is 6.26 Å². The highest BCUT2D eigenvalue weighted by Crippen LogP contribution is 2.27. The number of rotatable bonds is 6. The average molecular weight is 340 g/mol. The zero-order valence-electron chi connectivity index (χ0n) is 12.5. The molecule has 0 saturated carbocycles. The van der Waals surface area contributed by atoms with Crippen molar-refractivity contribution in [3.63, 3.8) is 0 Å². The normalized spacial score (nSPS) is 12.8. The van der Waals surface area contributed by atoms with E-state index in [0.717, 1.165) is 35.3 Å². The second kappa shape index (κ2) is 6.59. The molecule has 0 saturated heterocycles. The van der Waals surface area contributed by atoms with Crippen LogP contribution in [0.4, 0.5) is 0 Å². The van der Waals surface area contributed by atoms with Gasteiger partial charge in [-0.3, -0.25) is 4.68 Å². The number of aryl methyl sites for hydroxylation is 3. The number of hydrogen-bond acceptors (Lipinski definition) is 3. The molecule has 0 amide bonds. The van der Waals surface area contributed by atoms with Gasteiger partial charge in [0.05, 0.1) is 28.2 Å². The van der Waals surface area contributed by atoms with Crippen molar-refractivity contribution in [3.05, 3.63) is 39.5 Å². The van der Waals surface area contributed by atoms with Crippen LogP contribution in [0.2, 0.25) is 0 Å². The topological polar surface area (TPSA) is 43.0 Å². The van der Waals surface area contributed by atoms with Gasteiger partial charge in [-0.15, -0.1) is 0 Å². The number of hydrogen-bond donors (Lipinski definition) is 1. The number of halogens is 1. The lowest BCUT2D eigenvalue weighted by Gasteiger charge is -2.18. The minimum atomic E-state index is 0.177. The number of aromatic nitrogens is 2. The van der Waals surface area contributed by atoms with Crippen molar-refractivity contribution in [2.75, 3.05) is 6.54 Å².